The van der Waals surface area contributed by atoms with Gasteiger partial charge in [-0.05, 0) is 113 Å². The number of aromatic hydroxyl groups is 1. The van der Waals surface area contributed by atoms with E-state index in [9.17, 15) is 43.3 Å². The molecular weight excluding hydrogens is 915 g/mol. The molecule has 0 spiro atoms. The van der Waals surface area contributed by atoms with Crippen LogP contribution in [0.25, 0.3) is 0 Å². The number of benzene rings is 4. The predicted octanol–water partition coefficient (Wildman–Crippen LogP) is 8.30. The zero-order valence-electron chi connectivity index (χ0n) is 42.1. The minimum Gasteiger partial charge on any atom is -0.508 e. The number of ether oxygens (including phenoxy) is 3. The molecular formula is C55H70F2N4O10. The Morgan fingerprint density at radius 1 is 0.648 bits per heavy atom. The molecule has 0 bridgehead atoms. The summed E-state index contributed by atoms with van der Waals surface area (Å²) in [7, 11) is 0. The summed E-state index contributed by atoms with van der Waals surface area (Å²) in [6.07, 6.45) is -1.71. The summed E-state index contributed by atoms with van der Waals surface area (Å²) < 4.78 is 44.5. The summed E-state index contributed by atoms with van der Waals surface area (Å²) in [6.45, 7) is 19.6. The summed E-state index contributed by atoms with van der Waals surface area (Å²) in [5.74, 6) is -2.63. The maximum Gasteiger partial charge on any atom is 0.411 e. The van der Waals surface area contributed by atoms with Gasteiger partial charge in [-0.15, -0.1) is 0 Å². The normalized spacial score (nSPS) is 18.1. The maximum absolute atomic E-state index is 14.2. The van der Waals surface area contributed by atoms with Gasteiger partial charge in [0.1, 0.15) is 53.0 Å². The minimum absolute atomic E-state index is 0.205. The number of carbonyl (C=O) groups excluding carboxylic acids is 4. The number of hydrogen-bond donors (Lipinski definition) is 3. The van der Waals surface area contributed by atoms with E-state index in [1.807, 2.05) is 60.7 Å². The molecule has 2 fully saturated rings. The van der Waals surface area contributed by atoms with Gasteiger partial charge in [-0.3, -0.25) is 19.4 Å². The molecule has 384 valence electrons. The molecule has 0 saturated carbocycles. The van der Waals surface area contributed by atoms with Gasteiger partial charge in [-0.2, -0.15) is 0 Å². The van der Waals surface area contributed by atoms with Crippen molar-refractivity contribution in [2.24, 2.45) is 11.8 Å². The monoisotopic (exact) mass is 985 g/mol. The molecule has 4 aromatic carbocycles. The zero-order chi connectivity index (χ0) is 52.2. The molecule has 16 heteroatoms. The van der Waals surface area contributed by atoms with Gasteiger partial charge in [0, 0.05) is 51.4 Å². The average molecular weight is 985 g/mol. The molecule has 3 N–H and O–H groups in total. The molecule has 14 nitrogen and oxygen atoms in total. The first-order valence-electron chi connectivity index (χ1n) is 24.0. The molecule has 2 aliphatic heterocycles. The number of aliphatic hydroxyl groups excluding tert-OH is 2. The smallest absolute Gasteiger partial charge is 0.411 e. The lowest BCUT2D eigenvalue weighted by Gasteiger charge is -2.43. The van der Waals surface area contributed by atoms with E-state index in [1.165, 1.54) is 34.1 Å². The van der Waals surface area contributed by atoms with Crippen LogP contribution in [0, 0.1) is 23.5 Å². The van der Waals surface area contributed by atoms with E-state index in [2.05, 4.69) is 6.58 Å². The van der Waals surface area contributed by atoms with Crippen molar-refractivity contribution in [3.8, 4) is 11.5 Å². The number of hydrogen-bond acceptors (Lipinski definition) is 10. The number of halogens is 2. The highest BCUT2D eigenvalue weighted by Gasteiger charge is 2.46. The summed E-state index contributed by atoms with van der Waals surface area (Å²) in [4.78, 5) is 59.1. The molecule has 71 heavy (non-hydrogen) atoms. The number of phenols is 1. The number of rotatable bonds is 15. The second kappa shape index (κ2) is 24.5. The topological polar surface area (TPSA) is 170 Å². The van der Waals surface area contributed by atoms with Crippen LogP contribution in [0.2, 0.25) is 0 Å². The number of aliphatic hydroxyl groups is 2. The van der Waals surface area contributed by atoms with E-state index in [4.69, 9.17) is 14.2 Å². The van der Waals surface area contributed by atoms with Crippen molar-refractivity contribution in [2.75, 3.05) is 32.8 Å². The van der Waals surface area contributed by atoms with Crippen LogP contribution in [0.5, 0.6) is 11.5 Å². The highest BCUT2D eigenvalue weighted by molar-refractivity contribution is 5.88. The Balaban J connectivity index is 0.000000265. The molecule has 0 radical (unpaired) electrons. The third-order valence-corrected chi connectivity index (χ3v) is 11.9. The fraction of sp³-hybridized carbons (Fsp3) is 0.455. The molecule has 2 heterocycles. The lowest BCUT2D eigenvalue weighted by Crippen LogP contribution is -2.64. The van der Waals surface area contributed by atoms with Gasteiger partial charge < -0.3 is 39.3 Å². The summed E-state index contributed by atoms with van der Waals surface area (Å²) in [5, 5.41) is 32.4. The number of nitrogens with zero attached hydrogens (tertiary/aromatic N) is 4. The lowest BCUT2D eigenvalue weighted by molar-refractivity contribution is -0.149. The number of piperazine rings is 2. The number of amides is 4. The van der Waals surface area contributed by atoms with E-state index in [0.29, 0.717) is 43.1 Å². The Bertz CT molecular complexity index is 2410. The quantitative estimate of drug-likeness (QED) is 0.0986. The second-order valence-electron chi connectivity index (χ2n) is 20.3. The van der Waals surface area contributed by atoms with Gasteiger partial charge in [-0.25, -0.2) is 18.4 Å². The molecule has 2 aliphatic rings. The highest BCUT2D eigenvalue weighted by atomic mass is 19.1. The fourth-order valence-corrected chi connectivity index (χ4v) is 8.57. The van der Waals surface area contributed by atoms with Crippen LogP contribution >= 0.6 is 0 Å². The maximum atomic E-state index is 14.2. The predicted molar refractivity (Wildman–Crippen MR) is 265 cm³/mol. The molecule has 6 atom stereocenters. The largest absolute Gasteiger partial charge is 0.508 e. The molecule has 6 rings (SSSR count). The Morgan fingerprint density at radius 3 is 1.45 bits per heavy atom. The van der Waals surface area contributed by atoms with Crippen molar-refractivity contribution in [1.29, 1.82) is 0 Å². The molecule has 0 unspecified atom stereocenters. The van der Waals surface area contributed by atoms with E-state index < -0.39 is 71.2 Å². The molecule has 4 amide bonds. The third-order valence-electron chi connectivity index (χ3n) is 11.9. The van der Waals surface area contributed by atoms with Gasteiger partial charge in [0.2, 0.25) is 11.8 Å². The van der Waals surface area contributed by atoms with Crippen molar-refractivity contribution in [1.82, 2.24) is 19.6 Å². The van der Waals surface area contributed by atoms with E-state index in [0.717, 1.165) is 17.2 Å². The summed E-state index contributed by atoms with van der Waals surface area (Å²) >= 11 is 0. The Labute approximate surface area is 416 Å². The number of carbonyl (C=O) groups is 4. The Hall–Kier alpha value is -6.52. The summed E-state index contributed by atoms with van der Waals surface area (Å²) in [5.41, 5.74) is 1.47. The van der Waals surface area contributed by atoms with Crippen LogP contribution in [-0.2, 0) is 45.0 Å². The highest BCUT2D eigenvalue weighted by Crippen LogP contribution is 2.29. The standard InChI is InChI=1S/C29H37FN2O5.C26H33FN2O5/c1-6-14-36-24-17-22(16-23(30)18-24)15-20(2)26(33)25-27(34)31(19-21-10-8-7-9-11-21)12-13-32(25)28(35)37-29(3,4)5;1-17(12-19-13-20(27)15-21(30)14-19)23(31)22-24(32)28(16-18-8-6-5-7-9-18)10-11-29(22)25(33)34-26(2,3)4/h6-11,16-18,20,25-26,33H,1,12-15,19H2,2-5H3;5-9,13-15,17,22-23,30-31H,10-12,16H2,1-4H3/t20-,25-,26-;17-,22-,23-/m00/s1. The van der Waals surface area contributed by atoms with E-state index in [-0.39, 0.29) is 50.1 Å². The van der Waals surface area contributed by atoms with E-state index >= 15 is 0 Å². The van der Waals surface area contributed by atoms with Crippen LogP contribution < -0.4 is 4.74 Å². The van der Waals surface area contributed by atoms with Crippen molar-refractivity contribution in [2.45, 2.75) is 117 Å². The molecule has 0 aromatic heterocycles. The number of phenolic OH excluding ortho intramolecular Hbond substituents is 1. The van der Waals surface area contributed by atoms with E-state index in [1.54, 1.807) is 77.3 Å². The molecule has 4 aromatic rings. The summed E-state index contributed by atoms with van der Waals surface area (Å²) in [6, 6.07) is 24.8. The minimum atomic E-state index is -1.23. The van der Waals surface area contributed by atoms with Gasteiger partial charge >= 0.3 is 12.2 Å². The fourth-order valence-electron chi connectivity index (χ4n) is 8.57. The van der Waals surface area contributed by atoms with Crippen LogP contribution in [0.1, 0.15) is 77.6 Å². The molecule has 2 saturated heterocycles. The van der Waals surface area contributed by atoms with Crippen LogP contribution in [-0.4, -0.2) is 127 Å². The van der Waals surface area contributed by atoms with Crippen molar-refractivity contribution in [3.05, 3.63) is 144 Å². The van der Waals surface area contributed by atoms with Crippen LogP contribution in [0.4, 0.5) is 18.4 Å². The lowest BCUT2D eigenvalue weighted by atomic mass is 9.89. The van der Waals surface area contributed by atoms with Crippen molar-refractivity contribution in [3.63, 3.8) is 0 Å². The Morgan fingerprint density at radius 2 is 1.06 bits per heavy atom. The Kier molecular flexibility index (Phi) is 19.2. The SMILES string of the molecule is C=CCOc1cc(F)cc(C[C@H](C)[C@H](O)[C@H]2C(=O)N(Cc3ccccc3)CCN2C(=O)OC(C)(C)C)c1.C[C@@H](Cc1cc(O)cc(F)c1)[C@H](O)[C@H]1C(=O)N(Cc2ccccc2)CCN1C(=O)OC(C)(C)C. The second-order valence-corrected chi connectivity index (χ2v) is 20.3. The average Bonchev–Trinajstić information content (AvgIpc) is 3.28. The van der Waals surface area contributed by atoms with Gasteiger partial charge in [0.05, 0.1) is 12.2 Å². The van der Waals surface area contributed by atoms with Crippen LogP contribution in [0.15, 0.2) is 110 Å². The third kappa shape index (κ3) is 16.3. The van der Waals surface area contributed by atoms with Crippen molar-refractivity contribution < 1.29 is 57.5 Å². The van der Waals surface area contributed by atoms with Crippen LogP contribution in [0.3, 0.4) is 0 Å². The zero-order valence-corrected chi connectivity index (χ0v) is 42.1. The van der Waals surface area contributed by atoms with Gasteiger partial charge in [0.25, 0.3) is 0 Å². The molecule has 0 aliphatic carbocycles. The van der Waals surface area contributed by atoms with Gasteiger partial charge in [-0.1, -0.05) is 87.2 Å². The first-order valence-corrected chi connectivity index (χ1v) is 24.0. The first kappa shape index (κ1) is 55.4. The van der Waals surface area contributed by atoms with Crippen molar-refractivity contribution >= 4 is 24.0 Å². The van der Waals surface area contributed by atoms with Gasteiger partial charge in [0.15, 0.2) is 0 Å². The first-order chi connectivity index (χ1) is 33.4.